The largest absolute Gasteiger partial charge is 0.342 e. The molecule has 0 aromatic carbocycles. The van der Waals surface area contributed by atoms with Gasteiger partial charge in [0.05, 0.1) is 0 Å². The summed E-state index contributed by atoms with van der Waals surface area (Å²) < 4.78 is 0. The molecule has 86 valence electrons. The van der Waals surface area contributed by atoms with Crippen molar-refractivity contribution in [1.82, 2.24) is 10.2 Å². The van der Waals surface area contributed by atoms with Gasteiger partial charge in [-0.15, -0.1) is 0 Å². The molecule has 2 fully saturated rings. The summed E-state index contributed by atoms with van der Waals surface area (Å²) in [6.07, 6.45) is 2.05. The molecular weight excluding hydrogens is 188 g/mol. The van der Waals surface area contributed by atoms with E-state index in [1.54, 1.807) is 0 Å². The predicted molar refractivity (Wildman–Crippen MR) is 60.5 cm³/mol. The smallest absolute Gasteiger partial charge is 0.225 e. The topological polar surface area (TPSA) is 32.3 Å². The maximum absolute atomic E-state index is 12.2. The molecule has 3 nitrogen and oxygen atoms in total. The van der Waals surface area contributed by atoms with E-state index in [0.717, 1.165) is 39.0 Å². The molecule has 3 heteroatoms. The molecule has 0 bridgehead atoms. The summed E-state index contributed by atoms with van der Waals surface area (Å²) in [5.74, 6) is 2.06. The van der Waals surface area contributed by atoms with Gasteiger partial charge in [0.15, 0.2) is 0 Å². The highest BCUT2D eigenvalue weighted by molar-refractivity contribution is 5.79. The Kier molecular flexibility index (Phi) is 3.29. The second-order valence-corrected chi connectivity index (χ2v) is 5.22. The Morgan fingerprint density at radius 1 is 1.13 bits per heavy atom. The van der Waals surface area contributed by atoms with E-state index in [1.807, 2.05) is 0 Å². The van der Waals surface area contributed by atoms with Crippen molar-refractivity contribution in [3.05, 3.63) is 0 Å². The fraction of sp³-hybridized carbons (Fsp3) is 0.917. The van der Waals surface area contributed by atoms with E-state index in [-0.39, 0.29) is 0 Å². The number of carbonyl (C=O) groups is 1. The molecule has 15 heavy (non-hydrogen) atoms. The lowest BCUT2D eigenvalue weighted by atomic mass is 9.97. The highest BCUT2D eigenvalue weighted by Gasteiger charge is 2.33. The lowest BCUT2D eigenvalue weighted by Gasteiger charge is -2.26. The van der Waals surface area contributed by atoms with Gasteiger partial charge in [-0.25, -0.2) is 0 Å². The first-order valence-corrected chi connectivity index (χ1v) is 6.18. The summed E-state index contributed by atoms with van der Waals surface area (Å²) in [6.45, 7) is 8.47. The third-order valence-electron chi connectivity index (χ3n) is 3.99. The Hall–Kier alpha value is -0.570. The van der Waals surface area contributed by atoms with Crippen LogP contribution in [-0.4, -0.2) is 37.0 Å². The van der Waals surface area contributed by atoms with Crippen molar-refractivity contribution in [2.24, 2.45) is 17.8 Å². The minimum atomic E-state index is 0.295. The molecule has 0 aromatic heterocycles. The van der Waals surface area contributed by atoms with E-state index < -0.39 is 0 Å². The summed E-state index contributed by atoms with van der Waals surface area (Å²) in [5, 5.41) is 3.31. The highest BCUT2D eigenvalue weighted by Crippen LogP contribution is 2.25. The monoisotopic (exact) mass is 210 g/mol. The summed E-state index contributed by atoms with van der Waals surface area (Å²) in [6, 6.07) is 0. The Morgan fingerprint density at radius 3 is 2.20 bits per heavy atom. The van der Waals surface area contributed by atoms with Gasteiger partial charge in [-0.2, -0.15) is 0 Å². The van der Waals surface area contributed by atoms with Crippen molar-refractivity contribution in [3.8, 4) is 0 Å². The van der Waals surface area contributed by atoms with Crippen LogP contribution in [0.2, 0.25) is 0 Å². The van der Waals surface area contributed by atoms with Crippen molar-refractivity contribution < 1.29 is 4.79 Å². The molecule has 2 saturated heterocycles. The average Bonchev–Trinajstić information content (AvgIpc) is 2.59. The first kappa shape index (κ1) is 10.9. The van der Waals surface area contributed by atoms with Crippen LogP contribution in [0.4, 0.5) is 0 Å². The summed E-state index contributed by atoms with van der Waals surface area (Å²) >= 11 is 0. The zero-order valence-electron chi connectivity index (χ0n) is 9.83. The molecule has 0 saturated carbocycles. The van der Waals surface area contributed by atoms with Gasteiger partial charge in [-0.05, 0) is 37.8 Å². The summed E-state index contributed by atoms with van der Waals surface area (Å²) in [7, 11) is 0. The van der Waals surface area contributed by atoms with Crippen LogP contribution in [0.3, 0.4) is 0 Å². The number of rotatable bonds is 1. The molecule has 0 spiro atoms. The number of likely N-dealkylation sites (tertiary alicyclic amines) is 1. The van der Waals surface area contributed by atoms with Crippen LogP contribution < -0.4 is 5.32 Å². The third kappa shape index (κ3) is 2.33. The fourth-order valence-corrected chi connectivity index (χ4v) is 2.64. The Morgan fingerprint density at radius 2 is 1.67 bits per heavy atom. The van der Waals surface area contributed by atoms with Crippen LogP contribution in [0.25, 0.3) is 0 Å². The van der Waals surface area contributed by atoms with Crippen LogP contribution in [0.15, 0.2) is 0 Å². The molecule has 2 heterocycles. The molecule has 0 aliphatic carbocycles. The van der Waals surface area contributed by atoms with Crippen LogP contribution in [-0.2, 0) is 4.79 Å². The van der Waals surface area contributed by atoms with E-state index >= 15 is 0 Å². The number of piperidine rings is 1. The Labute approximate surface area is 92.2 Å². The van der Waals surface area contributed by atoms with E-state index in [2.05, 4.69) is 24.1 Å². The van der Waals surface area contributed by atoms with Crippen LogP contribution in [0.1, 0.15) is 26.7 Å². The number of hydrogen-bond acceptors (Lipinski definition) is 2. The van der Waals surface area contributed by atoms with Gasteiger partial charge in [-0.3, -0.25) is 4.79 Å². The van der Waals surface area contributed by atoms with E-state index in [0.29, 0.717) is 23.7 Å². The Bertz CT molecular complexity index is 226. The number of nitrogens with one attached hydrogen (secondary N) is 1. The first-order chi connectivity index (χ1) is 7.18. The van der Waals surface area contributed by atoms with Gasteiger partial charge in [0.25, 0.3) is 0 Å². The van der Waals surface area contributed by atoms with Crippen molar-refractivity contribution in [3.63, 3.8) is 0 Å². The molecule has 1 N–H and O–H groups in total. The van der Waals surface area contributed by atoms with Gasteiger partial charge in [-0.1, -0.05) is 13.8 Å². The molecule has 0 radical (unpaired) electrons. The van der Waals surface area contributed by atoms with Crippen molar-refractivity contribution in [2.45, 2.75) is 26.7 Å². The Balaban J connectivity index is 1.90. The minimum Gasteiger partial charge on any atom is -0.342 e. The lowest BCUT2D eigenvalue weighted by Crippen LogP contribution is -2.40. The van der Waals surface area contributed by atoms with E-state index in [4.69, 9.17) is 0 Å². The molecule has 2 unspecified atom stereocenters. The molecular formula is C12H22N2O. The van der Waals surface area contributed by atoms with E-state index in [9.17, 15) is 4.79 Å². The number of carbonyl (C=O) groups excluding carboxylic acids is 1. The predicted octanol–water partition coefficient (Wildman–Crippen LogP) is 1.10. The molecule has 2 rings (SSSR count). The lowest BCUT2D eigenvalue weighted by molar-refractivity contribution is -0.135. The van der Waals surface area contributed by atoms with Crippen molar-refractivity contribution >= 4 is 5.91 Å². The van der Waals surface area contributed by atoms with Crippen LogP contribution in [0.5, 0.6) is 0 Å². The zero-order valence-corrected chi connectivity index (χ0v) is 9.83. The zero-order chi connectivity index (χ0) is 10.8. The third-order valence-corrected chi connectivity index (χ3v) is 3.99. The SMILES string of the molecule is CC1CN(C(=O)C2CCNCC2)CC1C. The van der Waals surface area contributed by atoms with Gasteiger partial charge in [0, 0.05) is 19.0 Å². The molecule has 0 aromatic rings. The maximum atomic E-state index is 12.2. The summed E-state index contributed by atoms with van der Waals surface area (Å²) in [5.41, 5.74) is 0. The molecule has 2 atom stereocenters. The first-order valence-electron chi connectivity index (χ1n) is 6.18. The second kappa shape index (κ2) is 4.52. The van der Waals surface area contributed by atoms with Gasteiger partial charge in [0.1, 0.15) is 0 Å². The van der Waals surface area contributed by atoms with Gasteiger partial charge < -0.3 is 10.2 Å². The number of amides is 1. The average molecular weight is 210 g/mol. The molecule has 1 amide bonds. The second-order valence-electron chi connectivity index (χ2n) is 5.22. The number of hydrogen-bond donors (Lipinski definition) is 1. The quantitative estimate of drug-likeness (QED) is 0.703. The van der Waals surface area contributed by atoms with E-state index in [1.165, 1.54) is 0 Å². The normalized spacial score (nSPS) is 33.3. The number of nitrogens with zero attached hydrogens (tertiary/aromatic N) is 1. The van der Waals surface area contributed by atoms with Crippen LogP contribution >= 0.6 is 0 Å². The van der Waals surface area contributed by atoms with Gasteiger partial charge in [0.2, 0.25) is 5.91 Å². The van der Waals surface area contributed by atoms with Gasteiger partial charge >= 0.3 is 0 Å². The summed E-state index contributed by atoms with van der Waals surface area (Å²) in [4.78, 5) is 14.3. The highest BCUT2D eigenvalue weighted by atomic mass is 16.2. The minimum absolute atomic E-state index is 0.295. The fourth-order valence-electron chi connectivity index (χ4n) is 2.64. The van der Waals surface area contributed by atoms with Crippen molar-refractivity contribution in [1.29, 1.82) is 0 Å². The molecule has 2 aliphatic rings. The maximum Gasteiger partial charge on any atom is 0.225 e. The molecule has 2 aliphatic heterocycles. The van der Waals surface area contributed by atoms with Crippen LogP contribution in [0, 0.1) is 17.8 Å². The van der Waals surface area contributed by atoms with Crippen molar-refractivity contribution in [2.75, 3.05) is 26.2 Å². The standard InChI is InChI=1S/C12H22N2O/c1-9-7-14(8-10(9)2)12(15)11-3-5-13-6-4-11/h9-11,13H,3-8H2,1-2H3.